The predicted octanol–water partition coefficient (Wildman–Crippen LogP) is 0.234. The summed E-state index contributed by atoms with van der Waals surface area (Å²) in [4.78, 5) is 35.0. The molecule has 0 aliphatic carbocycles. The molecule has 0 radical (unpaired) electrons. The predicted molar refractivity (Wildman–Crippen MR) is 69.2 cm³/mol. The Morgan fingerprint density at radius 2 is 1.95 bits per heavy atom. The van der Waals surface area contributed by atoms with Crippen LogP contribution < -0.4 is 5.32 Å². The molecule has 0 spiro atoms. The molecule has 1 aliphatic rings. The fraction of sp³-hybridized carbons (Fsp3) is 0.615. The number of ether oxygens (including phenoxy) is 1. The molecule has 0 atom stereocenters. The highest BCUT2D eigenvalue weighted by atomic mass is 16.5. The Bertz CT molecular complexity index is 348. The van der Waals surface area contributed by atoms with Crippen molar-refractivity contribution in [3.63, 3.8) is 0 Å². The Labute approximate surface area is 112 Å². The second-order valence-corrected chi connectivity index (χ2v) is 4.23. The van der Waals surface area contributed by atoms with Gasteiger partial charge in [0.1, 0.15) is 0 Å². The van der Waals surface area contributed by atoms with Gasteiger partial charge in [-0.1, -0.05) is 6.92 Å². The molecule has 0 bridgehead atoms. The molecule has 0 fully saturated rings. The van der Waals surface area contributed by atoms with Gasteiger partial charge in [-0.3, -0.25) is 19.3 Å². The highest BCUT2D eigenvalue weighted by molar-refractivity contribution is 6.13. The highest BCUT2D eigenvalue weighted by Gasteiger charge is 2.23. The minimum Gasteiger partial charge on any atom is -0.381 e. The Balaban J connectivity index is 2.05. The standard InChI is InChI=1S/C13H20N2O4/c1-2-9-19-10-3-7-14-11(16)6-8-15-12(17)4-5-13(15)18/h4-5H,2-3,6-10H2,1H3,(H,14,16). The van der Waals surface area contributed by atoms with Gasteiger partial charge in [0, 0.05) is 44.9 Å². The van der Waals surface area contributed by atoms with Crippen molar-refractivity contribution in [1.82, 2.24) is 10.2 Å². The lowest BCUT2D eigenvalue weighted by atomic mass is 10.3. The van der Waals surface area contributed by atoms with Gasteiger partial charge < -0.3 is 10.1 Å². The van der Waals surface area contributed by atoms with Crippen LogP contribution in [0.1, 0.15) is 26.2 Å². The maximum Gasteiger partial charge on any atom is 0.253 e. The average molecular weight is 268 g/mol. The Hall–Kier alpha value is -1.69. The van der Waals surface area contributed by atoms with Gasteiger partial charge in [-0.05, 0) is 12.8 Å². The van der Waals surface area contributed by atoms with Crippen LogP contribution >= 0.6 is 0 Å². The van der Waals surface area contributed by atoms with E-state index in [1.807, 2.05) is 6.92 Å². The summed E-state index contributed by atoms with van der Waals surface area (Å²) in [5, 5.41) is 2.72. The summed E-state index contributed by atoms with van der Waals surface area (Å²) in [6.45, 7) is 4.07. The maximum absolute atomic E-state index is 11.5. The maximum atomic E-state index is 11.5. The fourth-order valence-corrected chi connectivity index (χ4v) is 1.60. The molecular formula is C13H20N2O4. The van der Waals surface area contributed by atoms with Gasteiger partial charge in [-0.2, -0.15) is 0 Å². The Kier molecular flexibility index (Phi) is 6.81. The van der Waals surface area contributed by atoms with Crippen LogP contribution in [0.3, 0.4) is 0 Å². The summed E-state index contributed by atoms with van der Waals surface area (Å²) in [5.41, 5.74) is 0. The van der Waals surface area contributed by atoms with Gasteiger partial charge in [0.2, 0.25) is 5.91 Å². The molecule has 1 heterocycles. The van der Waals surface area contributed by atoms with Crippen molar-refractivity contribution in [2.75, 3.05) is 26.3 Å². The molecular weight excluding hydrogens is 248 g/mol. The molecule has 0 unspecified atom stereocenters. The molecule has 1 rings (SSSR count). The van der Waals surface area contributed by atoms with Crippen LogP contribution in [0, 0.1) is 0 Å². The first kappa shape index (κ1) is 15.4. The van der Waals surface area contributed by atoms with Gasteiger partial charge >= 0.3 is 0 Å². The van der Waals surface area contributed by atoms with Gasteiger partial charge in [-0.15, -0.1) is 0 Å². The van der Waals surface area contributed by atoms with Crippen LogP contribution in [-0.4, -0.2) is 48.9 Å². The zero-order valence-corrected chi connectivity index (χ0v) is 11.2. The van der Waals surface area contributed by atoms with Crippen molar-refractivity contribution < 1.29 is 19.1 Å². The smallest absolute Gasteiger partial charge is 0.253 e. The van der Waals surface area contributed by atoms with Crippen molar-refractivity contribution in [3.8, 4) is 0 Å². The van der Waals surface area contributed by atoms with Gasteiger partial charge in [0.15, 0.2) is 0 Å². The third-order valence-corrected chi connectivity index (χ3v) is 2.60. The van der Waals surface area contributed by atoms with Crippen molar-refractivity contribution in [1.29, 1.82) is 0 Å². The van der Waals surface area contributed by atoms with Gasteiger partial charge in [0.05, 0.1) is 0 Å². The summed E-state index contributed by atoms with van der Waals surface area (Å²) in [5.74, 6) is -0.875. The average Bonchev–Trinajstić information content (AvgIpc) is 2.71. The monoisotopic (exact) mass is 268 g/mol. The number of nitrogens with one attached hydrogen (secondary N) is 1. The SMILES string of the molecule is CCCOCCCNC(=O)CCN1C(=O)C=CC1=O. The van der Waals surface area contributed by atoms with Crippen LogP contribution in [0.2, 0.25) is 0 Å². The highest BCUT2D eigenvalue weighted by Crippen LogP contribution is 2.03. The van der Waals surface area contributed by atoms with Gasteiger partial charge in [0.25, 0.3) is 11.8 Å². The van der Waals surface area contributed by atoms with E-state index >= 15 is 0 Å². The van der Waals surface area contributed by atoms with E-state index in [2.05, 4.69) is 5.32 Å². The topological polar surface area (TPSA) is 75.7 Å². The Morgan fingerprint density at radius 3 is 2.58 bits per heavy atom. The van der Waals surface area contributed by atoms with Crippen LogP contribution in [-0.2, 0) is 19.1 Å². The first-order chi connectivity index (χ1) is 9.15. The van der Waals surface area contributed by atoms with E-state index in [0.29, 0.717) is 13.2 Å². The molecule has 0 saturated carbocycles. The summed E-state index contributed by atoms with van der Waals surface area (Å²) in [6, 6.07) is 0. The van der Waals surface area contributed by atoms with E-state index in [9.17, 15) is 14.4 Å². The van der Waals surface area contributed by atoms with Crippen molar-refractivity contribution in [2.45, 2.75) is 26.2 Å². The van der Waals surface area contributed by atoms with E-state index in [1.165, 1.54) is 12.2 Å². The first-order valence-corrected chi connectivity index (χ1v) is 6.53. The van der Waals surface area contributed by atoms with Crippen LogP contribution in [0.5, 0.6) is 0 Å². The number of carbonyl (C=O) groups excluding carboxylic acids is 3. The summed E-state index contributed by atoms with van der Waals surface area (Å²) >= 11 is 0. The summed E-state index contributed by atoms with van der Waals surface area (Å²) < 4.78 is 5.28. The van der Waals surface area contributed by atoms with Crippen molar-refractivity contribution >= 4 is 17.7 Å². The molecule has 3 amide bonds. The second-order valence-electron chi connectivity index (χ2n) is 4.23. The Morgan fingerprint density at radius 1 is 1.26 bits per heavy atom. The number of hydrogen-bond acceptors (Lipinski definition) is 4. The lowest BCUT2D eigenvalue weighted by Gasteiger charge is -2.13. The number of amides is 3. The number of carbonyl (C=O) groups is 3. The number of nitrogens with zero attached hydrogens (tertiary/aromatic N) is 1. The van der Waals surface area contributed by atoms with E-state index < -0.39 is 0 Å². The van der Waals surface area contributed by atoms with E-state index in [1.54, 1.807) is 0 Å². The third kappa shape index (κ3) is 5.65. The molecule has 0 aromatic carbocycles. The van der Waals surface area contributed by atoms with Crippen LogP contribution in [0.25, 0.3) is 0 Å². The minimum atomic E-state index is -0.356. The molecule has 19 heavy (non-hydrogen) atoms. The normalized spacial score (nSPS) is 14.3. The molecule has 0 saturated heterocycles. The summed E-state index contributed by atoms with van der Waals surface area (Å²) in [6.07, 6.45) is 4.30. The lowest BCUT2D eigenvalue weighted by Crippen LogP contribution is -2.35. The molecule has 1 N–H and O–H groups in total. The zero-order valence-electron chi connectivity index (χ0n) is 11.2. The quantitative estimate of drug-likeness (QED) is 0.480. The molecule has 1 aliphatic heterocycles. The second kappa shape index (κ2) is 8.42. The van der Waals surface area contributed by atoms with Crippen LogP contribution in [0.4, 0.5) is 0 Å². The number of rotatable bonds is 9. The molecule has 0 aromatic heterocycles. The third-order valence-electron chi connectivity index (χ3n) is 2.60. The van der Waals surface area contributed by atoms with Crippen molar-refractivity contribution in [2.24, 2.45) is 0 Å². The summed E-state index contributed by atoms with van der Waals surface area (Å²) in [7, 11) is 0. The van der Waals surface area contributed by atoms with E-state index in [-0.39, 0.29) is 30.7 Å². The van der Waals surface area contributed by atoms with E-state index in [0.717, 1.165) is 24.3 Å². The van der Waals surface area contributed by atoms with Crippen molar-refractivity contribution in [3.05, 3.63) is 12.2 Å². The zero-order chi connectivity index (χ0) is 14.1. The minimum absolute atomic E-state index is 0.128. The van der Waals surface area contributed by atoms with E-state index in [4.69, 9.17) is 4.74 Å². The fourth-order valence-electron chi connectivity index (χ4n) is 1.60. The molecule has 6 nitrogen and oxygen atoms in total. The lowest BCUT2D eigenvalue weighted by molar-refractivity contribution is -0.137. The molecule has 0 aromatic rings. The number of hydrogen-bond donors (Lipinski definition) is 1. The van der Waals surface area contributed by atoms with Gasteiger partial charge in [-0.25, -0.2) is 0 Å². The number of imide groups is 1. The first-order valence-electron chi connectivity index (χ1n) is 6.53. The molecule has 106 valence electrons. The van der Waals surface area contributed by atoms with Crippen LogP contribution in [0.15, 0.2) is 12.2 Å². The molecule has 6 heteroatoms. The largest absolute Gasteiger partial charge is 0.381 e.